The number of methoxy groups -OCH3 is 1. The molecule has 0 radical (unpaired) electrons. The Bertz CT molecular complexity index is 624. The molecule has 1 atom stereocenters. The van der Waals surface area contributed by atoms with Crippen molar-refractivity contribution < 1.29 is 14.6 Å². The number of hydrogen-bond acceptors (Lipinski definition) is 5. The molecule has 20 heavy (non-hydrogen) atoms. The fourth-order valence-corrected chi connectivity index (χ4v) is 1.85. The van der Waals surface area contributed by atoms with Gasteiger partial charge >= 0.3 is 5.97 Å². The lowest BCUT2D eigenvalue weighted by atomic mass is 10.1. The fourth-order valence-electron chi connectivity index (χ4n) is 1.85. The molecule has 0 saturated carbocycles. The Morgan fingerprint density at radius 1 is 1.50 bits per heavy atom. The third kappa shape index (κ3) is 2.76. The monoisotopic (exact) mass is 276 g/mol. The van der Waals surface area contributed by atoms with E-state index in [0.29, 0.717) is 11.6 Å². The molecule has 0 spiro atoms. The molecule has 7 nitrogen and oxygen atoms in total. The molecule has 0 fully saturated rings. The lowest BCUT2D eigenvalue weighted by molar-refractivity contribution is -0.141. The summed E-state index contributed by atoms with van der Waals surface area (Å²) < 4.78 is 6.79. The topological polar surface area (TPSA) is 90.1 Å². The Hall–Kier alpha value is -2.44. The first-order chi connectivity index (χ1) is 9.52. The number of aryl methyl sites for hydroxylation is 1. The average Bonchev–Trinajstić information content (AvgIpc) is 2.86. The van der Waals surface area contributed by atoms with Gasteiger partial charge in [0.1, 0.15) is 5.75 Å². The lowest BCUT2D eigenvalue weighted by Gasteiger charge is -2.11. The number of carboxylic acid groups (broad SMARTS) is 1. The van der Waals surface area contributed by atoms with Gasteiger partial charge in [-0.15, -0.1) is 5.10 Å². The van der Waals surface area contributed by atoms with Crippen LogP contribution in [0.5, 0.6) is 5.75 Å². The minimum atomic E-state index is -0.886. The van der Waals surface area contributed by atoms with Crippen molar-refractivity contribution in [3.63, 3.8) is 0 Å². The molecular formula is C13H16N4O3. The second-order valence-electron chi connectivity index (χ2n) is 4.63. The van der Waals surface area contributed by atoms with Crippen LogP contribution in [0.2, 0.25) is 0 Å². The normalized spacial score (nSPS) is 12.2. The van der Waals surface area contributed by atoms with Crippen molar-refractivity contribution in [3.05, 3.63) is 23.8 Å². The predicted octanol–water partition coefficient (Wildman–Crippen LogP) is 1.38. The molecule has 0 aliphatic carbocycles. The van der Waals surface area contributed by atoms with Gasteiger partial charge in [0.25, 0.3) is 0 Å². The Morgan fingerprint density at radius 2 is 2.25 bits per heavy atom. The Labute approximate surface area is 116 Å². The Balaban J connectivity index is 2.41. The van der Waals surface area contributed by atoms with Crippen molar-refractivity contribution in [2.24, 2.45) is 5.92 Å². The van der Waals surface area contributed by atoms with Crippen molar-refractivity contribution in [1.82, 2.24) is 20.2 Å². The summed E-state index contributed by atoms with van der Waals surface area (Å²) in [5.74, 6) is -0.316. The van der Waals surface area contributed by atoms with E-state index in [9.17, 15) is 4.79 Å². The number of ether oxygens (including phenoxy) is 1. The van der Waals surface area contributed by atoms with Gasteiger partial charge in [-0.2, -0.15) is 0 Å². The van der Waals surface area contributed by atoms with Crippen LogP contribution in [-0.2, 0) is 11.3 Å². The van der Waals surface area contributed by atoms with E-state index >= 15 is 0 Å². The number of aromatic nitrogens is 4. The molecule has 1 N–H and O–H groups in total. The van der Waals surface area contributed by atoms with Gasteiger partial charge in [0.05, 0.1) is 25.1 Å². The molecule has 7 heteroatoms. The van der Waals surface area contributed by atoms with Crippen molar-refractivity contribution in [2.75, 3.05) is 7.11 Å². The van der Waals surface area contributed by atoms with E-state index in [0.717, 1.165) is 11.1 Å². The standard InChI is InChI=1S/C13H16N4O3/c1-8-4-5-11(20-3)10(6-8)12-14-15-16-17(12)7-9(2)13(18)19/h4-6,9H,7H2,1-3H3,(H,18,19). The molecule has 0 amide bonds. The van der Waals surface area contributed by atoms with Gasteiger partial charge in [-0.25, -0.2) is 4.68 Å². The van der Waals surface area contributed by atoms with Crippen molar-refractivity contribution >= 4 is 5.97 Å². The maximum absolute atomic E-state index is 10.9. The third-order valence-electron chi connectivity index (χ3n) is 3.00. The average molecular weight is 276 g/mol. The summed E-state index contributed by atoms with van der Waals surface area (Å²) in [5.41, 5.74) is 1.79. The Kier molecular flexibility index (Phi) is 3.97. The van der Waals surface area contributed by atoms with E-state index in [1.165, 1.54) is 4.68 Å². The van der Waals surface area contributed by atoms with Crippen LogP contribution < -0.4 is 4.74 Å². The summed E-state index contributed by atoms with van der Waals surface area (Å²) in [6.07, 6.45) is 0. The van der Waals surface area contributed by atoms with E-state index < -0.39 is 11.9 Å². The second kappa shape index (κ2) is 5.68. The van der Waals surface area contributed by atoms with E-state index in [4.69, 9.17) is 9.84 Å². The summed E-state index contributed by atoms with van der Waals surface area (Å²) in [6, 6.07) is 5.67. The highest BCUT2D eigenvalue weighted by Crippen LogP contribution is 2.29. The zero-order valence-corrected chi connectivity index (χ0v) is 11.6. The first-order valence-electron chi connectivity index (χ1n) is 6.17. The number of carbonyl (C=O) groups is 1. The summed E-state index contributed by atoms with van der Waals surface area (Å²) in [7, 11) is 1.57. The molecule has 0 bridgehead atoms. The molecule has 0 aliphatic heterocycles. The summed E-state index contributed by atoms with van der Waals surface area (Å²) in [4.78, 5) is 10.9. The maximum Gasteiger partial charge on any atom is 0.308 e. The molecule has 1 aromatic heterocycles. The van der Waals surface area contributed by atoms with Crippen LogP contribution in [-0.4, -0.2) is 38.4 Å². The first-order valence-corrected chi connectivity index (χ1v) is 6.17. The van der Waals surface area contributed by atoms with Crippen LogP contribution in [0.25, 0.3) is 11.4 Å². The molecule has 1 heterocycles. The van der Waals surface area contributed by atoms with E-state index in [-0.39, 0.29) is 6.54 Å². The van der Waals surface area contributed by atoms with Crippen LogP contribution in [0, 0.1) is 12.8 Å². The number of nitrogens with zero attached hydrogens (tertiary/aromatic N) is 4. The molecule has 1 unspecified atom stereocenters. The summed E-state index contributed by atoms with van der Waals surface area (Å²) in [5, 5.41) is 20.4. The number of hydrogen-bond donors (Lipinski definition) is 1. The lowest BCUT2D eigenvalue weighted by Crippen LogP contribution is -2.18. The van der Waals surface area contributed by atoms with Gasteiger partial charge in [-0.1, -0.05) is 18.6 Å². The minimum absolute atomic E-state index is 0.203. The van der Waals surface area contributed by atoms with Crippen molar-refractivity contribution in [1.29, 1.82) is 0 Å². The van der Waals surface area contributed by atoms with Gasteiger partial charge in [0, 0.05) is 0 Å². The predicted molar refractivity (Wildman–Crippen MR) is 71.3 cm³/mol. The van der Waals surface area contributed by atoms with Gasteiger partial charge in [-0.05, 0) is 29.5 Å². The SMILES string of the molecule is COc1ccc(C)cc1-c1nnnn1CC(C)C(=O)O. The molecule has 0 aliphatic rings. The Morgan fingerprint density at radius 3 is 2.90 bits per heavy atom. The molecule has 1 aromatic carbocycles. The molecule has 2 aromatic rings. The maximum atomic E-state index is 10.9. The first kappa shape index (κ1) is 14.0. The zero-order chi connectivity index (χ0) is 14.7. The van der Waals surface area contributed by atoms with Gasteiger partial charge < -0.3 is 9.84 Å². The van der Waals surface area contributed by atoms with Gasteiger partial charge in [0.2, 0.25) is 0 Å². The number of aliphatic carboxylic acids is 1. The van der Waals surface area contributed by atoms with Crippen LogP contribution in [0.4, 0.5) is 0 Å². The fraction of sp³-hybridized carbons (Fsp3) is 0.385. The highest BCUT2D eigenvalue weighted by atomic mass is 16.5. The quantitative estimate of drug-likeness (QED) is 0.887. The molecular weight excluding hydrogens is 260 g/mol. The van der Waals surface area contributed by atoms with Crippen LogP contribution >= 0.6 is 0 Å². The number of benzene rings is 1. The highest BCUT2D eigenvalue weighted by Gasteiger charge is 2.18. The largest absolute Gasteiger partial charge is 0.496 e. The van der Waals surface area contributed by atoms with Crippen LogP contribution in [0.1, 0.15) is 12.5 Å². The van der Waals surface area contributed by atoms with Crippen molar-refractivity contribution in [3.8, 4) is 17.1 Å². The number of carboxylic acids is 1. The molecule has 106 valence electrons. The molecule has 2 rings (SSSR count). The summed E-state index contributed by atoms with van der Waals surface area (Å²) in [6.45, 7) is 3.77. The van der Waals surface area contributed by atoms with E-state index in [2.05, 4.69) is 15.5 Å². The van der Waals surface area contributed by atoms with Crippen LogP contribution in [0.3, 0.4) is 0 Å². The van der Waals surface area contributed by atoms with Gasteiger partial charge in [-0.3, -0.25) is 4.79 Å². The molecule has 0 saturated heterocycles. The third-order valence-corrected chi connectivity index (χ3v) is 3.00. The minimum Gasteiger partial charge on any atom is -0.496 e. The number of tetrazole rings is 1. The second-order valence-corrected chi connectivity index (χ2v) is 4.63. The van der Waals surface area contributed by atoms with Crippen molar-refractivity contribution in [2.45, 2.75) is 20.4 Å². The van der Waals surface area contributed by atoms with E-state index in [1.54, 1.807) is 14.0 Å². The highest BCUT2D eigenvalue weighted by molar-refractivity contribution is 5.69. The zero-order valence-electron chi connectivity index (χ0n) is 11.6. The van der Waals surface area contributed by atoms with E-state index in [1.807, 2.05) is 25.1 Å². The van der Waals surface area contributed by atoms with Crippen LogP contribution in [0.15, 0.2) is 18.2 Å². The smallest absolute Gasteiger partial charge is 0.308 e. The van der Waals surface area contributed by atoms with Gasteiger partial charge in [0.15, 0.2) is 5.82 Å². The number of rotatable bonds is 5. The summed E-state index contributed by atoms with van der Waals surface area (Å²) >= 11 is 0.